The van der Waals surface area contributed by atoms with Crippen molar-refractivity contribution >= 4 is 17.7 Å². The molecular formula is C14H13ClN2O. The highest BCUT2D eigenvalue weighted by Crippen LogP contribution is 2.26. The summed E-state index contributed by atoms with van der Waals surface area (Å²) in [5.41, 5.74) is 0.756. The molecule has 0 unspecified atom stereocenters. The topological polar surface area (TPSA) is 56.8 Å². The largest absolute Gasteiger partial charge is 0.492 e. The van der Waals surface area contributed by atoms with Crippen LogP contribution >= 0.6 is 11.6 Å². The molecule has 4 heteroatoms. The van der Waals surface area contributed by atoms with Crippen LogP contribution in [-0.2, 0) is 0 Å². The lowest BCUT2D eigenvalue weighted by molar-refractivity contribution is 0.309. The quantitative estimate of drug-likeness (QED) is 0.595. The van der Waals surface area contributed by atoms with Crippen LogP contribution in [-0.4, -0.2) is 6.61 Å². The van der Waals surface area contributed by atoms with Crippen molar-refractivity contribution in [1.29, 1.82) is 10.5 Å². The Morgan fingerprint density at radius 2 is 2.11 bits per heavy atom. The smallest absolute Gasteiger partial charge is 0.137 e. The molecule has 0 saturated carbocycles. The third-order valence-electron chi connectivity index (χ3n) is 2.26. The van der Waals surface area contributed by atoms with Gasteiger partial charge in [-0.15, -0.1) is 0 Å². The first-order valence-corrected chi connectivity index (χ1v) is 6.03. The molecule has 0 fully saturated rings. The fourth-order valence-corrected chi connectivity index (χ4v) is 1.55. The van der Waals surface area contributed by atoms with E-state index >= 15 is 0 Å². The van der Waals surface area contributed by atoms with E-state index in [4.69, 9.17) is 26.9 Å². The first-order chi connectivity index (χ1) is 8.71. The maximum absolute atomic E-state index is 8.66. The molecule has 0 amide bonds. The van der Waals surface area contributed by atoms with Gasteiger partial charge >= 0.3 is 0 Å². The van der Waals surface area contributed by atoms with Gasteiger partial charge < -0.3 is 4.74 Å². The van der Waals surface area contributed by atoms with Crippen LogP contribution in [0.5, 0.6) is 5.75 Å². The van der Waals surface area contributed by atoms with Crippen LogP contribution in [0.4, 0.5) is 0 Å². The van der Waals surface area contributed by atoms with E-state index in [1.807, 2.05) is 0 Å². The molecule has 0 aliphatic carbocycles. The molecule has 0 spiro atoms. The molecule has 0 heterocycles. The average Bonchev–Trinajstić information content (AvgIpc) is 2.38. The van der Waals surface area contributed by atoms with Crippen LogP contribution in [0.3, 0.4) is 0 Å². The number of ether oxygens (including phenoxy) is 1. The van der Waals surface area contributed by atoms with Crippen LogP contribution in [0.1, 0.15) is 25.3 Å². The van der Waals surface area contributed by atoms with Crippen LogP contribution < -0.4 is 4.74 Å². The summed E-state index contributed by atoms with van der Waals surface area (Å²) in [4.78, 5) is 0. The summed E-state index contributed by atoms with van der Waals surface area (Å²) >= 11 is 6.06. The van der Waals surface area contributed by atoms with Gasteiger partial charge in [0.25, 0.3) is 0 Å². The Bertz CT molecular complexity index is 508. The summed E-state index contributed by atoms with van der Waals surface area (Å²) in [6.07, 6.45) is 3.53. The SMILES string of the molecule is CCCCOc1ccc(C=C(C#N)C#N)cc1Cl. The predicted molar refractivity (Wildman–Crippen MR) is 71.1 cm³/mol. The molecule has 18 heavy (non-hydrogen) atoms. The van der Waals surface area contributed by atoms with Crippen LogP contribution in [0.15, 0.2) is 23.8 Å². The highest BCUT2D eigenvalue weighted by molar-refractivity contribution is 6.32. The number of unbranched alkanes of at least 4 members (excludes halogenated alkanes) is 1. The maximum atomic E-state index is 8.66. The Labute approximate surface area is 112 Å². The monoisotopic (exact) mass is 260 g/mol. The summed E-state index contributed by atoms with van der Waals surface area (Å²) in [5, 5.41) is 17.8. The minimum Gasteiger partial charge on any atom is -0.492 e. The molecule has 0 saturated heterocycles. The summed E-state index contributed by atoms with van der Waals surface area (Å²) in [7, 11) is 0. The molecule has 1 aromatic rings. The van der Waals surface area contributed by atoms with Crippen LogP contribution in [0, 0.1) is 22.7 Å². The summed E-state index contributed by atoms with van der Waals surface area (Å²) in [5.74, 6) is 0.623. The van der Waals surface area contributed by atoms with E-state index in [1.54, 1.807) is 30.3 Å². The van der Waals surface area contributed by atoms with Gasteiger partial charge in [0.1, 0.15) is 23.5 Å². The van der Waals surface area contributed by atoms with Gasteiger partial charge in [0.15, 0.2) is 0 Å². The fourth-order valence-electron chi connectivity index (χ4n) is 1.31. The van der Waals surface area contributed by atoms with E-state index in [0.717, 1.165) is 12.8 Å². The molecule has 0 bridgehead atoms. The van der Waals surface area contributed by atoms with E-state index in [0.29, 0.717) is 22.9 Å². The van der Waals surface area contributed by atoms with Gasteiger partial charge in [0, 0.05) is 0 Å². The predicted octanol–water partition coefficient (Wildman–Crippen LogP) is 3.95. The van der Waals surface area contributed by atoms with Gasteiger partial charge in [0.05, 0.1) is 11.6 Å². The van der Waals surface area contributed by atoms with E-state index in [-0.39, 0.29) is 5.57 Å². The fraction of sp³-hybridized carbons (Fsp3) is 0.286. The molecule has 1 rings (SSSR count). The average molecular weight is 261 g/mol. The van der Waals surface area contributed by atoms with Gasteiger partial charge in [-0.2, -0.15) is 10.5 Å². The van der Waals surface area contributed by atoms with Crippen LogP contribution in [0.25, 0.3) is 6.08 Å². The summed E-state index contributed by atoms with van der Waals surface area (Å²) in [6, 6.07) is 8.79. The zero-order valence-corrected chi connectivity index (χ0v) is 10.9. The third-order valence-corrected chi connectivity index (χ3v) is 2.56. The minimum atomic E-state index is 0.0470. The number of nitriles is 2. The summed E-state index contributed by atoms with van der Waals surface area (Å²) in [6.45, 7) is 2.72. The molecule has 0 aliphatic heterocycles. The number of benzene rings is 1. The van der Waals surface area contributed by atoms with Crippen molar-refractivity contribution in [3.05, 3.63) is 34.4 Å². The Morgan fingerprint density at radius 3 is 2.67 bits per heavy atom. The second-order valence-corrected chi connectivity index (χ2v) is 4.08. The number of rotatable bonds is 5. The van der Waals surface area contributed by atoms with Gasteiger partial charge in [-0.05, 0) is 30.2 Å². The highest BCUT2D eigenvalue weighted by atomic mass is 35.5. The van der Waals surface area contributed by atoms with Crippen molar-refractivity contribution in [3.63, 3.8) is 0 Å². The van der Waals surface area contributed by atoms with E-state index in [2.05, 4.69) is 6.92 Å². The Balaban J connectivity index is 2.84. The van der Waals surface area contributed by atoms with Gasteiger partial charge in [-0.25, -0.2) is 0 Å². The lowest BCUT2D eigenvalue weighted by Gasteiger charge is -2.07. The molecule has 0 aliphatic rings. The molecular weight excluding hydrogens is 248 g/mol. The number of halogens is 1. The zero-order valence-electron chi connectivity index (χ0n) is 10.1. The first kappa shape index (κ1) is 14.1. The molecule has 0 atom stereocenters. The van der Waals surface area contributed by atoms with Crippen molar-refractivity contribution in [3.8, 4) is 17.9 Å². The first-order valence-electron chi connectivity index (χ1n) is 5.65. The van der Waals surface area contributed by atoms with Crippen molar-refractivity contribution in [2.75, 3.05) is 6.61 Å². The molecule has 92 valence electrons. The van der Waals surface area contributed by atoms with Gasteiger partial charge in [-0.3, -0.25) is 0 Å². The van der Waals surface area contributed by atoms with Crippen molar-refractivity contribution in [2.45, 2.75) is 19.8 Å². The second kappa shape index (κ2) is 7.37. The summed E-state index contributed by atoms with van der Waals surface area (Å²) < 4.78 is 5.51. The lowest BCUT2D eigenvalue weighted by atomic mass is 10.1. The second-order valence-electron chi connectivity index (χ2n) is 3.67. The Kier molecular flexibility index (Phi) is 5.77. The lowest BCUT2D eigenvalue weighted by Crippen LogP contribution is -1.96. The number of hydrogen-bond donors (Lipinski definition) is 0. The molecule has 0 N–H and O–H groups in total. The molecule has 0 radical (unpaired) electrons. The Morgan fingerprint density at radius 1 is 1.39 bits per heavy atom. The third kappa shape index (κ3) is 4.13. The van der Waals surface area contributed by atoms with Crippen molar-refractivity contribution in [1.82, 2.24) is 0 Å². The van der Waals surface area contributed by atoms with Gasteiger partial charge in [-0.1, -0.05) is 31.0 Å². The van der Waals surface area contributed by atoms with Crippen molar-refractivity contribution in [2.24, 2.45) is 0 Å². The Hall–Kier alpha value is -1.97. The van der Waals surface area contributed by atoms with E-state index in [1.165, 1.54) is 6.08 Å². The minimum absolute atomic E-state index is 0.0470. The standard InChI is InChI=1S/C14H13ClN2O/c1-2-3-6-18-14-5-4-11(8-13(14)15)7-12(9-16)10-17/h4-5,7-8H,2-3,6H2,1H3. The van der Waals surface area contributed by atoms with Gasteiger partial charge in [0.2, 0.25) is 0 Å². The zero-order chi connectivity index (χ0) is 13.4. The van der Waals surface area contributed by atoms with E-state index < -0.39 is 0 Å². The maximum Gasteiger partial charge on any atom is 0.137 e. The number of hydrogen-bond acceptors (Lipinski definition) is 3. The normalized spacial score (nSPS) is 9.11. The number of nitrogens with zero attached hydrogens (tertiary/aromatic N) is 2. The van der Waals surface area contributed by atoms with Crippen LogP contribution in [0.2, 0.25) is 5.02 Å². The van der Waals surface area contributed by atoms with Crippen molar-refractivity contribution < 1.29 is 4.74 Å². The molecule has 1 aromatic carbocycles. The highest BCUT2D eigenvalue weighted by Gasteiger charge is 2.03. The molecule has 3 nitrogen and oxygen atoms in total. The molecule has 0 aromatic heterocycles. The van der Waals surface area contributed by atoms with E-state index in [9.17, 15) is 0 Å². The number of allylic oxidation sites excluding steroid dienone is 1.